The number of carbonyl (C=O) groups is 1. The molecule has 0 radical (unpaired) electrons. The van der Waals surface area contributed by atoms with Gasteiger partial charge >= 0.3 is 6.03 Å². The molecule has 9 nitrogen and oxygen atoms in total. The summed E-state index contributed by atoms with van der Waals surface area (Å²) in [5, 5.41) is 15.6. The zero-order valence-corrected chi connectivity index (χ0v) is 23.2. The summed E-state index contributed by atoms with van der Waals surface area (Å²) in [5.74, 6) is 0.570. The lowest BCUT2D eigenvalue weighted by Crippen LogP contribution is -2.64. The van der Waals surface area contributed by atoms with E-state index in [0.717, 1.165) is 44.3 Å². The normalized spacial score (nSPS) is 27.4. The minimum atomic E-state index is -1.11. The van der Waals surface area contributed by atoms with Crippen molar-refractivity contribution in [3.8, 4) is 0 Å². The van der Waals surface area contributed by atoms with Crippen molar-refractivity contribution in [3.63, 3.8) is 0 Å². The lowest BCUT2D eigenvalue weighted by atomic mass is 9.66. The molecule has 0 unspecified atom stereocenters. The standard InChI is InChI=1S/C30H41FN6O3/c31-24-8-14-34(15-9-24)26-18-27(38)36(22-33-26)21-30(40)12-16-35(20-29(30)10-4-5-11-29)28(39)37-17-13-32-19-25(37)23-6-2-1-3-7-23/h1-3,6-7,18,22,24-25,32,40H,4-5,8-17,19-21H2/t25-,30+/m0/s1. The molecule has 3 saturated heterocycles. The topological polar surface area (TPSA) is 93.9 Å². The van der Waals surface area contributed by atoms with E-state index >= 15 is 0 Å². The molecular weight excluding hydrogens is 511 g/mol. The van der Waals surface area contributed by atoms with Gasteiger partial charge in [0.1, 0.15) is 12.0 Å². The number of anilines is 1. The molecule has 2 aromatic rings. The Bertz CT molecular complexity index is 1240. The first kappa shape index (κ1) is 27.2. The average molecular weight is 553 g/mol. The van der Waals surface area contributed by atoms with Crippen LogP contribution in [0.25, 0.3) is 0 Å². The number of nitrogens with one attached hydrogen (secondary N) is 1. The van der Waals surface area contributed by atoms with Crippen LogP contribution in [0.15, 0.2) is 47.5 Å². The van der Waals surface area contributed by atoms with Gasteiger partial charge in [-0.3, -0.25) is 9.36 Å². The third kappa shape index (κ3) is 5.11. The molecular formula is C30H41FN6O3. The van der Waals surface area contributed by atoms with Crippen molar-refractivity contribution in [2.75, 3.05) is 50.7 Å². The van der Waals surface area contributed by atoms with E-state index in [1.807, 2.05) is 32.9 Å². The molecule has 10 heteroatoms. The number of nitrogens with zero attached hydrogens (tertiary/aromatic N) is 5. The highest BCUT2D eigenvalue weighted by molar-refractivity contribution is 5.75. The summed E-state index contributed by atoms with van der Waals surface area (Å²) < 4.78 is 15.1. The maximum atomic E-state index is 14.0. The Labute approximate surface area is 235 Å². The fourth-order valence-corrected chi connectivity index (χ4v) is 7.42. The quantitative estimate of drug-likeness (QED) is 0.606. The number of piperazine rings is 1. The van der Waals surface area contributed by atoms with Crippen molar-refractivity contribution in [1.82, 2.24) is 24.7 Å². The molecule has 1 aromatic heterocycles. The average Bonchev–Trinajstić information content (AvgIpc) is 3.46. The van der Waals surface area contributed by atoms with Crippen LogP contribution < -0.4 is 15.8 Å². The number of hydrogen-bond donors (Lipinski definition) is 2. The van der Waals surface area contributed by atoms with Gasteiger partial charge in [0, 0.05) is 57.3 Å². The first-order chi connectivity index (χ1) is 19.4. The summed E-state index contributed by atoms with van der Waals surface area (Å²) in [5.41, 5.74) is -0.656. The number of aliphatic hydroxyl groups is 1. The van der Waals surface area contributed by atoms with Gasteiger partial charge in [-0.2, -0.15) is 0 Å². The van der Waals surface area contributed by atoms with E-state index in [1.165, 1.54) is 17.0 Å². The van der Waals surface area contributed by atoms with Crippen LogP contribution in [0.5, 0.6) is 0 Å². The Morgan fingerprint density at radius 1 is 1.07 bits per heavy atom. The van der Waals surface area contributed by atoms with Crippen LogP contribution in [0.4, 0.5) is 15.0 Å². The number of benzene rings is 1. The molecule has 4 aliphatic rings. The Morgan fingerprint density at radius 2 is 1.82 bits per heavy atom. The Morgan fingerprint density at radius 3 is 2.55 bits per heavy atom. The monoisotopic (exact) mass is 552 g/mol. The molecule has 3 aliphatic heterocycles. The highest BCUT2D eigenvalue weighted by atomic mass is 19.1. The second-order valence-electron chi connectivity index (χ2n) is 12.2. The molecule has 1 spiro atoms. The third-order valence-corrected chi connectivity index (χ3v) is 9.83. The predicted octanol–water partition coefficient (Wildman–Crippen LogP) is 2.95. The van der Waals surface area contributed by atoms with Crippen molar-refractivity contribution in [2.45, 2.75) is 69.3 Å². The SMILES string of the molecule is O=C(N1CC[C@@](O)(Cn2cnc(N3CCC(F)CC3)cc2=O)C2(CCCC2)C1)N1CCNC[C@H]1c1ccccc1. The number of rotatable bonds is 4. The summed E-state index contributed by atoms with van der Waals surface area (Å²) in [7, 11) is 0. The number of piperidine rings is 2. The molecule has 4 fully saturated rings. The molecule has 2 N–H and O–H groups in total. The van der Waals surface area contributed by atoms with Gasteiger partial charge in [0.15, 0.2) is 0 Å². The van der Waals surface area contributed by atoms with E-state index in [-0.39, 0.29) is 24.2 Å². The van der Waals surface area contributed by atoms with Crippen LogP contribution >= 0.6 is 0 Å². The number of hydrogen-bond acceptors (Lipinski definition) is 6. The lowest BCUT2D eigenvalue weighted by Gasteiger charge is -2.53. The fourth-order valence-electron chi connectivity index (χ4n) is 7.42. The zero-order valence-electron chi connectivity index (χ0n) is 23.2. The maximum absolute atomic E-state index is 14.0. The maximum Gasteiger partial charge on any atom is 0.320 e. The summed E-state index contributed by atoms with van der Waals surface area (Å²) in [4.78, 5) is 37.5. The van der Waals surface area contributed by atoms with Crippen molar-refractivity contribution in [2.24, 2.45) is 5.41 Å². The van der Waals surface area contributed by atoms with Crippen LogP contribution in [0, 0.1) is 5.41 Å². The van der Waals surface area contributed by atoms with Gasteiger partial charge in [-0.05, 0) is 37.7 Å². The van der Waals surface area contributed by atoms with Gasteiger partial charge in [-0.1, -0.05) is 43.2 Å². The van der Waals surface area contributed by atoms with Gasteiger partial charge in [-0.15, -0.1) is 0 Å². The van der Waals surface area contributed by atoms with Crippen molar-refractivity contribution >= 4 is 11.8 Å². The molecule has 1 saturated carbocycles. The summed E-state index contributed by atoms with van der Waals surface area (Å²) in [6, 6.07) is 11.7. The van der Waals surface area contributed by atoms with Gasteiger partial charge in [0.25, 0.3) is 5.56 Å². The Balaban J connectivity index is 1.19. The highest BCUT2D eigenvalue weighted by Crippen LogP contribution is 2.51. The minimum Gasteiger partial charge on any atom is -0.387 e. The smallest absolute Gasteiger partial charge is 0.320 e. The second kappa shape index (κ2) is 11.1. The van der Waals surface area contributed by atoms with E-state index in [4.69, 9.17) is 0 Å². The van der Waals surface area contributed by atoms with Crippen LogP contribution in [-0.4, -0.2) is 88.1 Å². The van der Waals surface area contributed by atoms with Crippen molar-refractivity contribution in [3.05, 3.63) is 58.6 Å². The molecule has 2 amide bonds. The molecule has 40 heavy (non-hydrogen) atoms. The third-order valence-electron chi connectivity index (χ3n) is 9.83. The van der Waals surface area contributed by atoms with Crippen molar-refractivity contribution < 1.29 is 14.3 Å². The second-order valence-corrected chi connectivity index (χ2v) is 12.2. The molecule has 1 aromatic carbocycles. The summed E-state index contributed by atoms with van der Waals surface area (Å²) >= 11 is 0. The fraction of sp³-hybridized carbons (Fsp3) is 0.633. The first-order valence-electron chi connectivity index (χ1n) is 14.9. The van der Waals surface area contributed by atoms with Crippen molar-refractivity contribution in [1.29, 1.82) is 0 Å². The number of amides is 2. The highest BCUT2D eigenvalue weighted by Gasteiger charge is 2.56. The number of urea groups is 1. The van der Waals surface area contributed by atoms with Gasteiger partial charge in [0.2, 0.25) is 0 Å². The van der Waals surface area contributed by atoms with Crippen LogP contribution in [0.1, 0.15) is 56.6 Å². The van der Waals surface area contributed by atoms with Crippen LogP contribution in [0.3, 0.4) is 0 Å². The van der Waals surface area contributed by atoms with Crippen LogP contribution in [-0.2, 0) is 6.54 Å². The van der Waals surface area contributed by atoms with Gasteiger partial charge < -0.3 is 25.1 Å². The van der Waals surface area contributed by atoms with E-state index < -0.39 is 17.2 Å². The summed E-state index contributed by atoms with van der Waals surface area (Å²) in [6.45, 7) is 4.31. The Hall–Kier alpha value is -2.98. The molecule has 6 rings (SSSR count). The molecule has 2 atom stereocenters. The van der Waals surface area contributed by atoms with E-state index in [9.17, 15) is 19.1 Å². The van der Waals surface area contributed by atoms with E-state index in [0.29, 0.717) is 57.8 Å². The van der Waals surface area contributed by atoms with Gasteiger partial charge in [-0.25, -0.2) is 14.2 Å². The number of carbonyl (C=O) groups excluding carboxylic acids is 1. The zero-order chi connectivity index (χ0) is 27.7. The minimum absolute atomic E-state index is 0.0263. The lowest BCUT2D eigenvalue weighted by molar-refractivity contribution is -0.137. The predicted molar refractivity (Wildman–Crippen MR) is 151 cm³/mol. The Kier molecular flexibility index (Phi) is 7.56. The first-order valence-corrected chi connectivity index (χ1v) is 14.9. The van der Waals surface area contributed by atoms with Gasteiger partial charge in [0.05, 0.1) is 24.5 Å². The molecule has 216 valence electrons. The van der Waals surface area contributed by atoms with E-state index in [1.54, 1.807) is 0 Å². The molecule has 1 aliphatic carbocycles. The number of likely N-dealkylation sites (tertiary alicyclic amines) is 1. The summed E-state index contributed by atoms with van der Waals surface area (Å²) in [6.07, 6.45) is 5.71. The van der Waals surface area contributed by atoms with Crippen LogP contribution in [0.2, 0.25) is 0 Å². The molecule has 0 bridgehead atoms. The number of alkyl halides is 1. The largest absolute Gasteiger partial charge is 0.387 e. The number of aromatic nitrogens is 2. The molecule has 4 heterocycles. The van der Waals surface area contributed by atoms with E-state index in [2.05, 4.69) is 22.4 Å². The number of halogens is 1.